The quantitative estimate of drug-likeness (QED) is 0.519. The zero-order valence-corrected chi connectivity index (χ0v) is 20.6. The fraction of sp³-hybridized carbons (Fsp3) is 0.296. The summed E-state index contributed by atoms with van der Waals surface area (Å²) in [6.45, 7) is 3.84. The summed E-state index contributed by atoms with van der Waals surface area (Å²) in [5.41, 5.74) is 2.52. The lowest BCUT2D eigenvalue weighted by Crippen LogP contribution is -2.52. The van der Waals surface area contributed by atoms with Crippen molar-refractivity contribution in [2.24, 2.45) is 0 Å². The van der Waals surface area contributed by atoms with Crippen molar-refractivity contribution in [3.05, 3.63) is 95.8 Å². The molecule has 1 aromatic heterocycles. The Morgan fingerprint density at radius 1 is 0.943 bits per heavy atom. The molecular formula is C27H31ClN4O3. The average Bonchev–Trinajstić information content (AvgIpc) is 2.91. The maximum Gasteiger partial charge on any atom is 0.252 e. The van der Waals surface area contributed by atoms with E-state index in [2.05, 4.69) is 15.2 Å². The fourth-order valence-corrected chi connectivity index (χ4v) is 4.10. The summed E-state index contributed by atoms with van der Waals surface area (Å²) in [5, 5.41) is 2.95. The maximum absolute atomic E-state index is 13.5. The predicted octanol–water partition coefficient (Wildman–Crippen LogP) is 3.37. The molecule has 2 amide bonds. The third kappa shape index (κ3) is 7.04. The summed E-state index contributed by atoms with van der Waals surface area (Å²) < 4.78 is 5.17. The molecule has 0 spiro atoms. The fourth-order valence-electron chi connectivity index (χ4n) is 4.10. The number of nitrogens with zero attached hydrogens (tertiary/aromatic N) is 3. The number of rotatable bonds is 8. The normalized spacial score (nSPS) is 14.5. The number of methoxy groups -OCH3 is 1. The molecule has 1 aliphatic rings. The minimum Gasteiger partial charge on any atom is -0.497 e. The molecule has 35 heavy (non-hydrogen) atoms. The van der Waals surface area contributed by atoms with Crippen molar-refractivity contribution in [2.75, 3.05) is 39.8 Å². The van der Waals surface area contributed by atoms with E-state index in [0.29, 0.717) is 24.4 Å². The van der Waals surface area contributed by atoms with Crippen LogP contribution in [0.5, 0.6) is 5.75 Å². The molecule has 8 heteroatoms. The topological polar surface area (TPSA) is 74.8 Å². The van der Waals surface area contributed by atoms with Crippen LogP contribution in [0.2, 0.25) is 0 Å². The van der Waals surface area contributed by atoms with Crippen molar-refractivity contribution in [3.8, 4) is 5.75 Å². The van der Waals surface area contributed by atoms with Crippen LogP contribution in [0.3, 0.4) is 0 Å². The second kappa shape index (κ2) is 12.9. The maximum atomic E-state index is 13.5. The first kappa shape index (κ1) is 26.2. The molecule has 4 rings (SSSR count). The minimum atomic E-state index is -0.737. The number of hydrogen-bond donors (Lipinski definition) is 1. The largest absolute Gasteiger partial charge is 0.497 e. The van der Waals surface area contributed by atoms with Crippen LogP contribution in [0.1, 0.15) is 27.5 Å². The van der Waals surface area contributed by atoms with Gasteiger partial charge in [0, 0.05) is 50.7 Å². The highest BCUT2D eigenvalue weighted by molar-refractivity contribution is 5.98. The van der Waals surface area contributed by atoms with Crippen molar-refractivity contribution in [3.63, 3.8) is 0 Å². The molecule has 184 valence electrons. The van der Waals surface area contributed by atoms with Crippen LogP contribution >= 0.6 is 12.4 Å². The van der Waals surface area contributed by atoms with Crippen molar-refractivity contribution < 1.29 is 14.3 Å². The van der Waals surface area contributed by atoms with Gasteiger partial charge in [-0.3, -0.25) is 19.5 Å². The highest BCUT2D eigenvalue weighted by atomic mass is 35.5. The number of benzene rings is 2. The number of carbonyl (C=O) groups is 2. The van der Waals surface area contributed by atoms with Gasteiger partial charge < -0.3 is 15.0 Å². The van der Waals surface area contributed by atoms with Gasteiger partial charge in [-0.15, -0.1) is 12.4 Å². The van der Waals surface area contributed by atoms with E-state index in [1.807, 2.05) is 59.8 Å². The Labute approximate surface area is 212 Å². The standard InChI is InChI=1S/C27H30N4O3.ClH/c1-34-24-9-7-23(8-10-24)26(32)29-25(22-5-3-2-4-6-22)27(33)31-19-17-30(18-20-31)16-13-21-11-14-28-15-12-21;/h2-12,14-15,25H,13,16-20H2,1H3,(H,29,32);1H/t25-;/m1./s1. The predicted molar refractivity (Wildman–Crippen MR) is 138 cm³/mol. The Balaban J connectivity index is 0.00000342. The number of carbonyl (C=O) groups excluding carboxylic acids is 2. The third-order valence-electron chi connectivity index (χ3n) is 6.16. The van der Waals surface area contributed by atoms with Gasteiger partial charge in [-0.1, -0.05) is 30.3 Å². The number of hydrogen-bond acceptors (Lipinski definition) is 5. The first-order chi connectivity index (χ1) is 16.6. The summed E-state index contributed by atoms with van der Waals surface area (Å²) in [5.74, 6) is 0.303. The van der Waals surface area contributed by atoms with E-state index in [1.54, 1.807) is 31.4 Å². The van der Waals surface area contributed by atoms with Crippen molar-refractivity contribution >= 4 is 24.2 Å². The summed E-state index contributed by atoms with van der Waals surface area (Å²) in [4.78, 5) is 34.8. The Kier molecular flexibility index (Phi) is 9.64. The second-order valence-corrected chi connectivity index (χ2v) is 8.32. The van der Waals surface area contributed by atoms with Gasteiger partial charge in [-0.05, 0) is 53.9 Å². The molecule has 3 aromatic rings. The Morgan fingerprint density at radius 3 is 2.23 bits per heavy atom. The van der Waals surface area contributed by atoms with Gasteiger partial charge in [0.25, 0.3) is 5.91 Å². The first-order valence-corrected chi connectivity index (χ1v) is 11.5. The van der Waals surface area contributed by atoms with E-state index in [0.717, 1.165) is 31.6 Å². The average molecular weight is 495 g/mol. The van der Waals surface area contributed by atoms with Crippen LogP contribution in [0.25, 0.3) is 0 Å². The monoisotopic (exact) mass is 494 g/mol. The van der Waals surface area contributed by atoms with Crippen molar-refractivity contribution in [1.29, 1.82) is 0 Å². The highest BCUT2D eigenvalue weighted by Gasteiger charge is 2.30. The summed E-state index contributed by atoms with van der Waals surface area (Å²) in [6.07, 6.45) is 4.59. The minimum absolute atomic E-state index is 0. The number of amides is 2. The van der Waals surface area contributed by atoms with E-state index in [-0.39, 0.29) is 24.2 Å². The Hall–Kier alpha value is -3.42. The Bertz CT molecular complexity index is 1070. The SMILES string of the molecule is COc1ccc(C(=O)N[C@@H](C(=O)N2CCN(CCc3ccncc3)CC2)c2ccccc2)cc1.Cl. The van der Waals surface area contributed by atoms with E-state index in [4.69, 9.17) is 4.74 Å². The molecular weight excluding hydrogens is 464 g/mol. The summed E-state index contributed by atoms with van der Waals surface area (Å²) in [7, 11) is 1.58. The van der Waals surface area contributed by atoms with Crippen LogP contribution in [0, 0.1) is 0 Å². The molecule has 2 aromatic carbocycles. The van der Waals surface area contributed by atoms with Gasteiger partial charge in [0.1, 0.15) is 11.8 Å². The molecule has 1 atom stereocenters. The molecule has 0 unspecified atom stereocenters. The number of aromatic nitrogens is 1. The van der Waals surface area contributed by atoms with Crippen molar-refractivity contribution in [2.45, 2.75) is 12.5 Å². The van der Waals surface area contributed by atoms with Gasteiger partial charge in [0.05, 0.1) is 7.11 Å². The van der Waals surface area contributed by atoms with Gasteiger partial charge in [0.15, 0.2) is 0 Å². The molecule has 0 radical (unpaired) electrons. The van der Waals surface area contributed by atoms with Crippen LogP contribution in [0.15, 0.2) is 79.1 Å². The zero-order chi connectivity index (χ0) is 23.8. The zero-order valence-electron chi connectivity index (χ0n) is 19.8. The lowest BCUT2D eigenvalue weighted by atomic mass is 10.0. The van der Waals surface area contributed by atoms with E-state index in [9.17, 15) is 9.59 Å². The molecule has 0 aliphatic carbocycles. The van der Waals surface area contributed by atoms with Crippen LogP contribution in [-0.4, -0.2) is 66.4 Å². The molecule has 1 aliphatic heterocycles. The number of halogens is 1. The Morgan fingerprint density at radius 2 is 1.60 bits per heavy atom. The molecule has 7 nitrogen and oxygen atoms in total. The van der Waals surface area contributed by atoms with Crippen LogP contribution in [-0.2, 0) is 11.2 Å². The number of ether oxygens (including phenoxy) is 1. The molecule has 1 saturated heterocycles. The third-order valence-corrected chi connectivity index (χ3v) is 6.16. The van der Waals surface area contributed by atoms with E-state index in [1.165, 1.54) is 5.56 Å². The van der Waals surface area contributed by atoms with Gasteiger partial charge in [-0.25, -0.2) is 0 Å². The second-order valence-electron chi connectivity index (χ2n) is 8.32. The lowest BCUT2D eigenvalue weighted by Gasteiger charge is -2.36. The number of nitrogens with one attached hydrogen (secondary N) is 1. The van der Waals surface area contributed by atoms with Gasteiger partial charge >= 0.3 is 0 Å². The smallest absolute Gasteiger partial charge is 0.252 e. The molecule has 1 fully saturated rings. The molecule has 0 bridgehead atoms. The lowest BCUT2D eigenvalue weighted by molar-refractivity contribution is -0.135. The van der Waals surface area contributed by atoms with Crippen LogP contribution < -0.4 is 10.1 Å². The van der Waals surface area contributed by atoms with E-state index >= 15 is 0 Å². The molecule has 0 saturated carbocycles. The van der Waals surface area contributed by atoms with E-state index < -0.39 is 6.04 Å². The van der Waals surface area contributed by atoms with Crippen LogP contribution in [0.4, 0.5) is 0 Å². The summed E-state index contributed by atoms with van der Waals surface area (Å²) in [6, 6.07) is 19.6. The van der Waals surface area contributed by atoms with Crippen molar-refractivity contribution in [1.82, 2.24) is 20.1 Å². The number of pyridine rings is 1. The molecule has 1 N–H and O–H groups in total. The van der Waals surface area contributed by atoms with Gasteiger partial charge in [0.2, 0.25) is 5.91 Å². The highest BCUT2D eigenvalue weighted by Crippen LogP contribution is 2.19. The van der Waals surface area contributed by atoms with Gasteiger partial charge in [-0.2, -0.15) is 0 Å². The summed E-state index contributed by atoms with van der Waals surface area (Å²) >= 11 is 0. The first-order valence-electron chi connectivity index (χ1n) is 11.5. The molecule has 2 heterocycles. The number of piperazine rings is 1.